The van der Waals surface area contributed by atoms with E-state index < -0.39 is 0 Å². The molecule has 3 heteroatoms. The summed E-state index contributed by atoms with van der Waals surface area (Å²) in [5.74, 6) is 0. The van der Waals surface area contributed by atoms with Crippen LogP contribution < -0.4 is 5.32 Å². The Morgan fingerprint density at radius 2 is 2.33 bits per heavy atom. The van der Waals surface area contributed by atoms with Crippen molar-refractivity contribution in [3.63, 3.8) is 0 Å². The molecule has 2 N–H and O–H groups in total. The molecule has 0 amide bonds. The first kappa shape index (κ1) is 8.48. The van der Waals surface area contributed by atoms with Crippen molar-refractivity contribution in [1.82, 2.24) is 10.2 Å². The molecule has 0 spiro atoms. The lowest BCUT2D eigenvalue weighted by Gasteiger charge is -2.35. The molecule has 3 nitrogen and oxygen atoms in total. The van der Waals surface area contributed by atoms with Crippen LogP contribution in [0.4, 0.5) is 0 Å². The predicted octanol–water partition coefficient (Wildman–Crippen LogP) is -0.197. The van der Waals surface area contributed by atoms with Gasteiger partial charge >= 0.3 is 0 Å². The lowest BCUT2D eigenvalue weighted by Crippen LogP contribution is -2.53. The Balaban J connectivity index is 1.93. The van der Waals surface area contributed by atoms with Gasteiger partial charge in [-0.15, -0.1) is 0 Å². The molecule has 0 aromatic rings. The molecule has 0 unspecified atom stereocenters. The zero-order chi connectivity index (χ0) is 8.55. The van der Waals surface area contributed by atoms with Crippen molar-refractivity contribution < 1.29 is 5.11 Å². The molecular weight excluding hydrogens is 152 g/mol. The minimum atomic E-state index is -0.0765. The van der Waals surface area contributed by atoms with E-state index in [1.54, 1.807) is 0 Å². The number of hydrogen-bond donors (Lipinski definition) is 2. The third-order valence-electron chi connectivity index (χ3n) is 3.10. The molecule has 0 radical (unpaired) electrons. The van der Waals surface area contributed by atoms with Crippen molar-refractivity contribution in [1.29, 1.82) is 0 Å². The maximum absolute atomic E-state index is 9.45. The van der Waals surface area contributed by atoms with Gasteiger partial charge in [0.25, 0.3) is 0 Å². The first-order valence-electron chi connectivity index (χ1n) is 4.95. The van der Waals surface area contributed by atoms with Crippen molar-refractivity contribution in [3.05, 3.63) is 0 Å². The lowest BCUT2D eigenvalue weighted by molar-refractivity contribution is 0.152. The number of nitrogens with one attached hydrogen (secondary N) is 1. The van der Waals surface area contributed by atoms with Crippen molar-refractivity contribution in [3.8, 4) is 0 Å². The molecule has 70 valence electrons. The molecule has 2 aliphatic rings. The average Bonchev–Trinajstić information content (AvgIpc) is 2.43. The molecule has 2 aliphatic heterocycles. The minimum absolute atomic E-state index is 0.0765. The Labute approximate surface area is 73.8 Å². The van der Waals surface area contributed by atoms with Gasteiger partial charge in [-0.3, -0.25) is 4.90 Å². The molecule has 2 saturated heterocycles. The molecule has 0 aromatic heterocycles. The fraction of sp³-hybridized carbons (Fsp3) is 1.00. The quantitative estimate of drug-likeness (QED) is 0.572. The highest BCUT2D eigenvalue weighted by atomic mass is 16.3. The van der Waals surface area contributed by atoms with Gasteiger partial charge in [0.1, 0.15) is 0 Å². The number of rotatable bonds is 1. The summed E-state index contributed by atoms with van der Waals surface area (Å²) in [4.78, 5) is 2.43. The highest BCUT2D eigenvalue weighted by molar-refractivity contribution is 4.92. The fourth-order valence-corrected chi connectivity index (χ4v) is 2.32. The van der Waals surface area contributed by atoms with Gasteiger partial charge in [-0.25, -0.2) is 0 Å². The first-order chi connectivity index (χ1) is 5.79. The van der Waals surface area contributed by atoms with E-state index in [2.05, 4.69) is 17.1 Å². The molecule has 0 aliphatic carbocycles. The Kier molecular flexibility index (Phi) is 2.35. The van der Waals surface area contributed by atoms with Crippen molar-refractivity contribution in [2.75, 3.05) is 19.6 Å². The minimum Gasteiger partial charge on any atom is -0.392 e. The fourth-order valence-electron chi connectivity index (χ4n) is 2.32. The second-order valence-electron chi connectivity index (χ2n) is 4.01. The van der Waals surface area contributed by atoms with Crippen molar-refractivity contribution >= 4 is 0 Å². The van der Waals surface area contributed by atoms with E-state index in [9.17, 15) is 5.11 Å². The standard InChI is InChI=1S/C9H18N2O/c1-2-7-5-11-6-9(12)3-8(11)4-10-7/h7-10,12H,2-6H2,1H3/t7-,8-,9-/m1/s1. The number of piperazine rings is 1. The Hall–Kier alpha value is -0.120. The normalized spacial score (nSPS) is 43.0. The zero-order valence-corrected chi connectivity index (χ0v) is 7.66. The summed E-state index contributed by atoms with van der Waals surface area (Å²) < 4.78 is 0. The van der Waals surface area contributed by atoms with Crippen LogP contribution in [0.1, 0.15) is 19.8 Å². The third kappa shape index (κ3) is 1.49. The van der Waals surface area contributed by atoms with E-state index >= 15 is 0 Å². The molecular formula is C9H18N2O. The van der Waals surface area contributed by atoms with Crippen LogP contribution in [0.5, 0.6) is 0 Å². The van der Waals surface area contributed by atoms with Crippen LogP contribution in [0.3, 0.4) is 0 Å². The highest BCUT2D eigenvalue weighted by Gasteiger charge is 2.34. The van der Waals surface area contributed by atoms with Gasteiger partial charge in [0, 0.05) is 31.7 Å². The van der Waals surface area contributed by atoms with E-state index in [1.807, 2.05) is 0 Å². The van der Waals surface area contributed by atoms with Crippen LogP contribution in [0.25, 0.3) is 0 Å². The second-order valence-corrected chi connectivity index (χ2v) is 4.01. The first-order valence-corrected chi connectivity index (χ1v) is 4.95. The van der Waals surface area contributed by atoms with Crippen LogP contribution in [-0.4, -0.2) is 47.8 Å². The summed E-state index contributed by atoms with van der Waals surface area (Å²) in [6.45, 7) is 5.29. The average molecular weight is 170 g/mol. The molecule has 2 heterocycles. The maximum atomic E-state index is 9.45. The number of aliphatic hydroxyl groups excluding tert-OH is 1. The van der Waals surface area contributed by atoms with Crippen molar-refractivity contribution in [2.45, 2.75) is 38.0 Å². The number of hydrogen-bond acceptors (Lipinski definition) is 3. The number of fused-ring (bicyclic) bond motifs is 1. The molecule has 0 bridgehead atoms. The topological polar surface area (TPSA) is 35.5 Å². The Morgan fingerprint density at radius 3 is 3.08 bits per heavy atom. The molecule has 2 fully saturated rings. The summed E-state index contributed by atoms with van der Waals surface area (Å²) >= 11 is 0. The number of nitrogens with zero attached hydrogens (tertiary/aromatic N) is 1. The Bertz CT molecular complexity index is 163. The van der Waals surface area contributed by atoms with Crippen LogP contribution in [0, 0.1) is 0 Å². The van der Waals surface area contributed by atoms with E-state index in [1.165, 1.54) is 6.42 Å². The molecule has 2 rings (SSSR count). The molecule has 12 heavy (non-hydrogen) atoms. The highest BCUT2D eigenvalue weighted by Crippen LogP contribution is 2.20. The SMILES string of the molecule is CC[C@@H]1CN2C[C@H](O)C[C@@H]2CN1. The molecule has 3 atom stereocenters. The lowest BCUT2D eigenvalue weighted by atomic mass is 10.1. The van der Waals surface area contributed by atoms with Crippen LogP contribution in [-0.2, 0) is 0 Å². The molecule has 0 saturated carbocycles. The summed E-state index contributed by atoms with van der Waals surface area (Å²) in [6.07, 6.45) is 2.08. The van der Waals surface area contributed by atoms with E-state index in [4.69, 9.17) is 0 Å². The van der Waals surface area contributed by atoms with Gasteiger partial charge in [-0.1, -0.05) is 6.92 Å². The van der Waals surface area contributed by atoms with Crippen LogP contribution in [0.15, 0.2) is 0 Å². The van der Waals surface area contributed by atoms with Gasteiger partial charge in [-0.2, -0.15) is 0 Å². The van der Waals surface area contributed by atoms with Gasteiger partial charge < -0.3 is 10.4 Å². The summed E-state index contributed by atoms with van der Waals surface area (Å²) in [7, 11) is 0. The number of aliphatic hydroxyl groups is 1. The van der Waals surface area contributed by atoms with Gasteiger partial charge in [0.15, 0.2) is 0 Å². The second kappa shape index (κ2) is 3.32. The monoisotopic (exact) mass is 170 g/mol. The Morgan fingerprint density at radius 1 is 1.50 bits per heavy atom. The maximum Gasteiger partial charge on any atom is 0.0682 e. The molecule has 0 aromatic carbocycles. The zero-order valence-electron chi connectivity index (χ0n) is 7.66. The van der Waals surface area contributed by atoms with Crippen LogP contribution >= 0.6 is 0 Å². The van der Waals surface area contributed by atoms with E-state index in [0.29, 0.717) is 12.1 Å². The predicted molar refractivity (Wildman–Crippen MR) is 48.1 cm³/mol. The summed E-state index contributed by atoms with van der Waals surface area (Å²) in [5, 5.41) is 13.0. The van der Waals surface area contributed by atoms with Gasteiger partial charge in [0.2, 0.25) is 0 Å². The van der Waals surface area contributed by atoms with Crippen molar-refractivity contribution in [2.24, 2.45) is 0 Å². The van der Waals surface area contributed by atoms with E-state index in [0.717, 1.165) is 26.1 Å². The van der Waals surface area contributed by atoms with E-state index in [-0.39, 0.29) is 6.10 Å². The largest absolute Gasteiger partial charge is 0.392 e. The van der Waals surface area contributed by atoms with Crippen LogP contribution in [0.2, 0.25) is 0 Å². The smallest absolute Gasteiger partial charge is 0.0682 e. The van der Waals surface area contributed by atoms with Gasteiger partial charge in [-0.05, 0) is 12.8 Å². The third-order valence-corrected chi connectivity index (χ3v) is 3.10. The van der Waals surface area contributed by atoms with Gasteiger partial charge in [0.05, 0.1) is 6.10 Å². The summed E-state index contributed by atoms with van der Waals surface area (Å²) in [5.41, 5.74) is 0. The summed E-state index contributed by atoms with van der Waals surface area (Å²) in [6, 6.07) is 1.24.